The van der Waals surface area contributed by atoms with E-state index in [9.17, 15) is 9.59 Å². The van der Waals surface area contributed by atoms with Gasteiger partial charge in [-0.2, -0.15) is 0 Å². The van der Waals surface area contributed by atoms with Crippen LogP contribution in [0.1, 0.15) is 16.9 Å². The van der Waals surface area contributed by atoms with Crippen molar-refractivity contribution >= 4 is 23.4 Å². The zero-order valence-electron chi connectivity index (χ0n) is 7.87. The van der Waals surface area contributed by atoms with Crippen molar-refractivity contribution in [1.82, 2.24) is 10.3 Å². The van der Waals surface area contributed by atoms with Gasteiger partial charge in [-0.3, -0.25) is 9.59 Å². The van der Waals surface area contributed by atoms with Gasteiger partial charge in [0.2, 0.25) is 5.91 Å². The third-order valence-corrected chi connectivity index (χ3v) is 1.82. The number of nitrogens with two attached hydrogens (primary N) is 1. The maximum absolute atomic E-state index is 11.4. The lowest BCUT2D eigenvalue weighted by Gasteiger charge is -2.02. The molecule has 0 aromatic carbocycles. The van der Waals surface area contributed by atoms with Crippen LogP contribution in [0.3, 0.4) is 0 Å². The Morgan fingerprint density at radius 3 is 2.80 bits per heavy atom. The van der Waals surface area contributed by atoms with Gasteiger partial charge in [0.1, 0.15) is 10.8 Å². The van der Waals surface area contributed by atoms with Crippen LogP contribution in [-0.2, 0) is 4.79 Å². The normalized spacial score (nSPS) is 9.67. The van der Waals surface area contributed by atoms with E-state index in [-0.39, 0.29) is 29.7 Å². The predicted octanol–water partition coefficient (Wildman–Crippen LogP) is 0.340. The molecule has 0 spiro atoms. The van der Waals surface area contributed by atoms with Crippen LogP contribution in [0.15, 0.2) is 18.2 Å². The van der Waals surface area contributed by atoms with Crippen molar-refractivity contribution in [1.29, 1.82) is 0 Å². The first-order valence-electron chi connectivity index (χ1n) is 4.28. The van der Waals surface area contributed by atoms with Crippen molar-refractivity contribution in [2.75, 3.05) is 6.54 Å². The number of nitrogens with one attached hydrogen (secondary N) is 1. The lowest BCUT2D eigenvalue weighted by Crippen LogP contribution is -2.28. The first-order chi connectivity index (χ1) is 7.09. The van der Waals surface area contributed by atoms with E-state index < -0.39 is 5.91 Å². The molecule has 5 nitrogen and oxygen atoms in total. The number of halogens is 1. The molecule has 0 saturated carbocycles. The van der Waals surface area contributed by atoms with Crippen LogP contribution < -0.4 is 11.1 Å². The molecule has 1 aromatic heterocycles. The maximum Gasteiger partial charge on any atom is 0.269 e. The smallest absolute Gasteiger partial charge is 0.269 e. The van der Waals surface area contributed by atoms with E-state index in [1.165, 1.54) is 6.07 Å². The summed E-state index contributed by atoms with van der Waals surface area (Å²) >= 11 is 5.61. The predicted molar refractivity (Wildman–Crippen MR) is 55.4 cm³/mol. The third kappa shape index (κ3) is 3.95. The number of aromatic nitrogens is 1. The molecule has 0 aliphatic rings. The third-order valence-electron chi connectivity index (χ3n) is 1.60. The summed E-state index contributed by atoms with van der Waals surface area (Å²) in [4.78, 5) is 25.6. The van der Waals surface area contributed by atoms with Gasteiger partial charge >= 0.3 is 0 Å². The van der Waals surface area contributed by atoms with Crippen molar-refractivity contribution in [2.24, 2.45) is 5.73 Å². The van der Waals surface area contributed by atoms with Gasteiger partial charge in [-0.15, -0.1) is 0 Å². The van der Waals surface area contributed by atoms with E-state index in [1.807, 2.05) is 0 Å². The van der Waals surface area contributed by atoms with E-state index in [0.29, 0.717) is 0 Å². The van der Waals surface area contributed by atoms with Crippen molar-refractivity contribution in [3.63, 3.8) is 0 Å². The van der Waals surface area contributed by atoms with E-state index in [0.717, 1.165) is 0 Å². The first kappa shape index (κ1) is 11.5. The van der Waals surface area contributed by atoms with Gasteiger partial charge in [0.15, 0.2) is 0 Å². The van der Waals surface area contributed by atoms with Gasteiger partial charge in [0, 0.05) is 13.0 Å². The summed E-state index contributed by atoms with van der Waals surface area (Å²) in [5.41, 5.74) is 5.13. The highest BCUT2D eigenvalue weighted by molar-refractivity contribution is 6.29. The minimum absolute atomic E-state index is 0.103. The monoisotopic (exact) mass is 227 g/mol. The number of pyridine rings is 1. The summed E-state index contributed by atoms with van der Waals surface area (Å²) in [5.74, 6) is -0.840. The molecule has 0 atom stereocenters. The Balaban J connectivity index is 2.50. The summed E-state index contributed by atoms with van der Waals surface area (Å²) in [7, 11) is 0. The fourth-order valence-electron chi connectivity index (χ4n) is 0.925. The number of carbonyl (C=O) groups is 2. The molecule has 15 heavy (non-hydrogen) atoms. The summed E-state index contributed by atoms with van der Waals surface area (Å²) in [5, 5.41) is 2.74. The van der Waals surface area contributed by atoms with Crippen LogP contribution >= 0.6 is 11.6 Å². The number of hydrogen-bond donors (Lipinski definition) is 2. The number of amides is 2. The molecule has 0 radical (unpaired) electrons. The Bertz CT molecular complexity index is 381. The van der Waals surface area contributed by atoms with Gasteiger partial charge in [0.25, 0.3) is 5.91 Å². The van der Waals surface area contributed by atoms with Crippen molar-refractivity contribution in [3.8, 4) is 0 Å². The molecule has 0 unspecified atom stereocenters. The van der Waals surface area contributed by atoms with Crippen molar-refractivity contribution < 1.29 is 9.59 Å². The van der Waals surface area contributed by atoms with Crippen LogP contribution in [0.25, 0.3) is 0 Å². The summed E-state index contributed by atoms with van der Waals surface area (Å²) in [6.45, 7) is 0.197. The quantitative estimate of drug-likeness (QED) is 0.728. The Kier molecular flexibility index (Phi) is 4.05. The van der Waals surface area contributed by atoms with Gasteiger partial charge in [-0.05, 0) is 12.1 Å². The standard InChI is InChI=1S/C9H10ClN3O2/c10-7-3-1-2-6(13-7)9(15)12-5-4-8(11)14/h1-3H,4-5H2,(H2,11,14)(H,12,15). The molecule has 1 heterocycles. The largest absolute Gasteiger partial charge is 0.370 e. The molecule has 0 aliphatic heterocycles. The Hall–Kier alpha value is -1.62. The molecule has 2 amide bonds. The van der Waals surface area contributed by atoms with E-state index in [2.05, 4.69) is 10.3 Å². The molecule has 0 fully saturated rings. The van der Waals surface area contributed by atoms with Crippen LogP contribution in [0.2, 0.25) is 5.15 Å². The topological polar surface area (TPSA) is 85.1 Å². The minimum atomic E-state index is -0.464. The Morgan fingerprint density at radius 1 is 1.47 bits per heavy atom. The Labute approximate surface area is 91.6 Å². The van der Waals surface area contributed by atoms with Crippen molar-refractivity contribution in [3.05, 3.63) is 29.0 Å². The molecule has 6 heteroatoms. The molecular formula is C9H10ClN3O2. The highest BCUT2D eigenvalue weighted by Crippen LogP contribution is 2.04. The minimum Gasteiger partial charge on any atom is -0.370 e. The summed E-state index contributed by atoms with van der Waals surface area (Å²) < 4.78 is 0. The second kappa shape index (κ2) is 5.31. The van der Waals surface area contributed by atoms with Gasteiger partial charge in [-0.1, -0.05) is 17.7 Å². The second-order valence-corrected chi connectivity index (χ2v) is 3.21. The van der Waals surface area contributed by atoms with E-state index in [4.69, 9.17) is 17.3 Å². The molecular weight excluding hydrogens is 218 g/mol. The first-order valence-corrected chi connectivity index (χ1v) is 4.66. The maximum atomic E-state index is 11.4. The number of carbonyl (C=O) groups excluding carboxylic acids is 2. The number of rotatable bonds is 4. The van der Waals surface area contributed by atoms with E-state index in [1.54, 1.807) is 12.1 Å². The average Bonchev–Trinajstić information content (AvgIpc) is 2.17. The molecule has 1 aromatic rings. The fourth-order valence-corrected chi connectivity index (χ4v) is 1.09. The highest BCUT2D eigenvalue weighted by atomic mass is 35.5. The number of primary amides is 1. The molecule has 3 N–H and O–H groups in total. The lowest BCUT2D eigenvalue weighted by atomic mass is 10.3. The molecule has 0 bridgehead atoms. The van der Waals surface area contributed by atoms with Crippen LogP contribution in [-0.4, -0.2) is 23.3 Å². The van der Waals surface area contributed by atoms with Gasteiger partial charge in [0.05, 0.1) is 0 Å². The molecule has 0 aliphatic carbocycles. The Morgan fingerprint density at radius 2 is 2.20 bits per heavy atom. The fraction of sp³-hybridized carbons (Fsp3) is 0.222. The number of hydrogen-bond acceptors (Lipinski definition) is 3. The number of nitrogens with zero attached hydrogens (tertiary/aromatic N) is 1. The highest BCUT2D eigenvalue weighted by Gasteiger charge is 2.06. The van der Waals surface area contributed by atoms with Crippen LogP contribution in [0.4, 0.5) is 0 Å². The SMILES string of the molecule is NC(=O)CCNC(=O)c1cccc(Cl)n1. The summed E-state index contributed by atoms with van der Waals surface area (Å²) in [6, 6.07) is 4.73. The lowest BCUT2D eigenvalue weighted by molar-refractivity contribution is -0.117. The van der Waals surface area contributed by atoms with Gasteiger partial charge < -0.3 is 11.1 Å². The molecule has 0 saturated heterocycles. The second-order valence-electron chi connectivity index (χ2n) is 2.82. The average molecular weight is 228 g/mol. The molecule has 1 rings (SSSR count). The van der Waals surface area contributed by atoms with E-state index >= 15 is 0 Å². The van der Waals surface area contributed by atoms with Crippen LogP contribution in [0.5, 0.6) is 0 Å². The van der Waals surface area contributed by atoms with Gasteiger partial charge in [-0.25, -0.2) is 4.98 Å². The summed E-state index contributed by atoms with van der Waals surface area (Å²) in [6.07, 6.45) is 0.103. The molecule has 80 valence electrons. The zero-order chi connectivity index (χ0) is 11.3. The van der Waals surface area contributed by atoms with Crippen LogP contribution in [0, 0.1) is 0 Å². The zero-order valence-corrected chi connectivity index (χ0v) is 8.62. The van der Waals surface area contributed by atoms with Crippen molar-refractivity contribution in [2.45, 2.75) is 6.42 Å².